The van der Waals surface area contributed by atoms with Gasteiger partial charge in [0, 0.05) is 12.1 Å². The zero-order valence-electron chi connectivity index (χ0n) is 6.95. The number of likely N-dealkylation sites (N-methyl/N-ethyl adjacent to an activating group) is 1. The normalized spacial score (nSPS) is 35.0. The Morgan fingerprint density at radius 2 is 2.17 bits per heavy atom. The molecule has 5 heteroatoms. The molecule has 1 amide bonds. The van der Waals surface area contributed by atoms with E-state index in [4.69, 9.17) is 5.11 Å². The number of rotatable bonds is 2. The number of carboxylic acid groups (broad SMARTS) is 1. The van der Waals surface area contributed by atoms with Gasteiger partial charge in [0.15, 0.2) is 0 Å². The minimum absolute atomic E-state index is 0.0156. The van der Waals surface area contributed by atoms with Gasteiger partial charge in [-0.05, 0) is 19.9 Å². The molecule has 0 aliphatic heterocycles. The van der Waals surface area contributed by atoms with Crippen molar-refractivity contribution in [3.63, 3.8) is 0 Å². The lowest BCUT2D eigenvalue weighted by Crippen LogP contribution is -2.34. The summed E-state index contributed by atoms with van der Waals surface area (Å²) in [7, 11) is 1.76. The molecule has 1 aliphatic rings. The first-order chi connectivity index (χ1) is 5.63. The first kappa shape index (κ1) is 9.28. The zero-order chi connectivity index (χ0) is 9.14. The molecular weight excluding hydrogens is 160 g/mol. The van der Waals surface area contributed by atoms with Gasteiger partial charge in [-0.15, -0.1) is 0 Å². The van der Waals surface area contributed by atoms with Crippen LogP contribution in [0.3, 0.4) is 0 Å². The molecule has 0 spiro atoms. The first-order valence-corrected chi connectivity index (χ1v) is 3.98. The fraction of sp³-hybridized carbons (Fsp3) is 0.857. The van der Waals surface area contributed by atoms with E-state index in [1.165, 1.54) is 0 Å². The van der Waals surface area contributed by atoms with Crippen LogP contribution < -0.4 is 10.6 Å². The molecule has 0 saturated heterocycles. The van der Waals surface area contributed by atoms with Gasteiger partial charge in [-0.2, -0.15) is 0 Å². The number of hydrogen-bond acceptors (Lipinski definition) is 3. The maximum absolute atomic E-state index is 10.2. The highest BCUT2D eigenvalue weighted by atomic mass is 16.4. The van der Waals surface area contributed by atoms with Crippen molar-refractivity contribution < 1.29 is 15.0 Å². The van der Waals surface area contributed by atoms with E-state index in [1.807, 2.05) is 0 Å². The van der Waals surface area contributed by atoms with Crippen LogP contribution >= 0.6 is 0 Å². The molecule has 12 heavy (non-hydrogen) atoms. The SMILES string of the molecule is CN[C@H]1C[C@@H](NC(=O)O)C[C@@H]1O. The third kappa shape index (κ3) is 2.09. The Morgan fingerprint density at radius 1 is 1.50 bits per heavy atom. The van der Waals surface area contributed by atoms with E-state index in [9.17, 15) is 9.90 Å². The number of amides is 1. The topological polar surface area (TPSA) is 81.6 Å². The van der Waals surface area contributed by atoms with Crippen molar-refractivity contribution in [2.24, 2.45) is 0 Å². The van der Waals surface area contributed by atoms with Crippen LogP contribution in [0.15, 0.2) is 0 Å². The van der Waals surface area contributed by atoms with Crippen LogP contribution in [0.5, 0.6) is 0 Å². The standard InChI is InChI=1S/C7H14N2O3/c1-8-5-2-4(3-6(5)10)9-7(11)12/h4-6,8-10H,2-3H2,1H3,(H,11,12)/t4-,5+,6+/m1/s1. The molecule has 0 radical (unpaired) electrons. The van der Waals surface area contributed by atoms with Crippen LogP contribution in [0.1, 0.15) is 12.8 Å². The van der Waals surface area contributed by atoms with Gasteiger partial charge < -0.3 is 20.8 Å². The van der Waals surface area contributed by atoms with Crippen LogP contribution in [0.4, 0.5) is 4.79 Å². The fourth-order valence-electron chi connectivity index (χ4n) is 1.62. The minimum Gasteiger partial charge on any atom is -0.465 e. The van der Waals surface area contributed by atoms with Gasteiger partial charge in [0.05, 0.1) is 6.10 Å². The van der Waals surface area contributed by atoms with Crippen molar-refractivity contribution in [2.45, 2.75) is 31.0 Å². The Morgan fingerprint density at radius 3 is 2.58 bits per heavy atom. The molecule has 70 valence electrons. The van der Waals surface area contributed by atoms with Gasteiger partial charge in [-0.3, -0.25) is 0 Å². The Balaban J connectivity index is 2.37. The Kier molecular flexibility index (Phi) is 2.88. The van der Waals surface area contributed by atoms with Crippen molar-refractivity contribution in [1.82, 2.24) is 10.6 Å². The molecule has 3 atom stereocenters. The lowest BCUT2D eigenvalue weighted by atomic mass is 10.2. The van der Waals surface area contributed by atoms with Gasteiger partial charge in [0.1, 0.15) is 0 Å². The van der Waals surface area contributed by atoms with Crippen LogP contribution in [0.2, 0.25) is 0 Å². The van der Waals surface area contributed by atoms with Crippen LogP contribution in [0, 0.1) is 0 Å². The molecule has 0 aromatic heterocycles. The Bertz CT molecular complexity index is 174. The van der Waals surface area contributed by atoms with Crippen LogP contribution in [-0.2, 0) is 0 Å². The summed E-state index contributed by atoms with van der Waals surface area (Å²) in [5.41, 5.74) is 0. The molecular formula is C7H14N2O3. The highest BCUT2D eigenvalue weighted by Gasteiger charge is 2.32. The summed E-state index contributed by atoms with van der Waals surface area (Å²) in [6.07, 6.45) is -0.308. The second-order valence-corrected chi connectivity index (χ2v) is 3.08. The minimum atomic E-state index is -1.02. The molecule has 0 bridgehead atoms. The molecule has 1 fully saturated rings. The summed E-state index contributed by atoms with van der Waals surface area (Å²) in [5.74, 6) is 0. The maximum Gasteiger partial charge on any atom is 0.404 e. The molecule has 0 unspecified atom stereocenters. The second kappa shape index (κ2) is 3.73. The number of nitrogens with one attached hydrogen (secondary N) is 2. The predicted octanol–water partition coefficient (Wildman–Crippen LogP) is -0.635. The molecule has 5 nitrogen and oxygen atoms in total. The van der Waals surface area contributed by atoms with Gasteiger partial charge in [-0.25, -0.2) is 4.79 Å². The van der Waals surface area contributed by atoms with E-state index in [2.05, 4.69) is 10.6 Å². The summed E-state index contributed by atoms with van der Waals surface area (Å²) >= 11 is 0. The molecule has 0 aromatic rings. The number of aliphatic hydroxyl groups excluding tert-OH is 1. The molecule has 0 heterocycles. The summed E-state index contributed by atoms with van der Waals surface area (Å²) in [6.45, 7) is 0. The summed E-state index contributed by atoms with van der Waals surface area (Å²) in [4.78, 5) is 10.2. The highest BCUT2D eigenvalue weighted by Crippen LogP contribution is 2.19. The van der Waals surface area contributed by atoms with Gasteiger partial charge >= 0.3 is 6.09 Å². The second-order valence-electron chi connectivity index (χ2n) is 3.08. The lowest BCUT2D eigenvalue weighted by molar-refractivity contribution is 0.150. The number of aliphatic hydroxyl groups is 1. The largest absolute Gasteiger partial charge is 0.465 e. The van der Waals surface area contributed by atoms with Crippen molar-refractivity contribution in [2.75, 3.05) is 7.05 Å². The first-order valence-electron chi connectivity index (χ1n) is 3.98. The smallest absolute Gasteiger partial charge is 0.404 e. The van der Waals surface area contributed by atoms with Crippen molar-refractivity contribution in [3.8, 4) is 0 Å². The highest BCUT2D eigenvalue weighted by molar-refractivity contribution is 5.64. The lowest BCUT2D eigenvalue weighted by Gasteiger charge is -2.11. The van der Waals surface area contributed by atoms with E-state index in [1.54, 1.807) is 7.05 Å². The van der Waals surface area contributed by atoms with Crippen LogP contribution in [0.25, 0.3) is 0 Å². The van der Waals surface area contributed by atoms with E-state index >= 15 is 0 Å². The van der Waals surface area contributed by atoms with Gasteiger partial charge in [0.25, 0.3) is 0 Å². The van der Waals surface area contributed by atoms with E-state index in [0.717, 1.165) is 0 Å². The third-order valence-corrected chi connectivity index (χ3v) is 2.23. The van der Waals surface area contributed by atoms with Gasteiger partial charge in [0.2, 0.25) is 0 Å². The molecule has 1 rings (SSSR count). The summed E-state index contributed by atoms with van der Waals surface area (Å²) < 4.78 is 0. The molecule has 1 saturated carbocycles. The number of hydrogen-bond donors (Lipinski definition) is 4. The summed E-state index contributed by atoms with van der Waals surface area (Å²) in [5, 5.41) is 23.1. The van der Waals surface area contributed by atoms with Crippen molar-refractivity contribution >= 4 is 6.09 Å². The van der Waals surface area contributed by atoms with Crippen molar-refractivity contribution in [3.05, 3.63) is 0 Å². The average Bonchev–Trinajstić information content (AvgIpc) is 2.29. The Hall–Kier alpha value is -0.810. The third-order valence-electron chi connectivity index (χ3n) is 2.23. The summed E-state index contributed by atoms with van der Waals surface area (Å²) in [6, 6.07) is -0.100. The number of carbonyl (C=O) groups is 1. The van der Waals surface area contributed by atoms with Crippen LogP contribution in [-0.4, -0.2) is 41.5 Å². The van der Waals surface area contributed by atoms with E-state index < -0.39 is 12.2 Å². The Labute approximate surface area is 70.8 Å². The fourth-order valence-corrected chi connectivity index (χ4v) is 1.62. The molecule has 1 aliphatic carbocycles. The quantitative estimate of drug-likeness (QED) is 0.449. The van der Waals surface area contributed by atoms with E-state index in [0.29, 0.717) is 12.8 Å². The zero-order valence-corrected chi connectivity index (χ0v) is 6.95. The van der Waals surface area contributed by atoms with E-state index in [-0.39, 0.29) is 12.1 Å². The predicted molar refractivity (Wildman–Crippen MR) is 43.0 cm³/mol. The maximum atomic E-state index is 10.2. The molecule has 0 aromatic carbocycles. The average molecular weight is 174 g/mol. The monoisotopic (exact) mass is 174 g/mol. The van der Waals surface area contributed by atoms with Gasteiger partial charge in [-0.1, -0.05) is 0 Å². The molecule has 4 N–H and O–H groups in total. The van der Waals surface area contributed by atoms with Crippen molar-refractivity contribution in [1.29, 1.82) is 0 Å².